The zero-order chi connectivity index (χ0) is 10.1. The molecule has 2 aromatic rings. The number of hydrogen-bond acceptors (Lipinski definition) is 2. The first-order valence-electron chi connectivity index (χ1n) is 4.78. The summed E-state index contributed by atoms with van der Waals surface area (Å²) in [6, 6.07) is 7.92. The molecule has 14 heavy (non-hydrogen) atoms. The summed E-state index contributed by atoms with van der Waals surface area (Å²) >= 11 is 0. The quantitative estimate of drug-likeness (QED) is 0.722. The van der Waals surface area contributed by atoms with E-state index >= 15 is 0 Å². The third kappa shape index (κ3) is 1.48. The van der Waals surface area contributed by atoms with E-state index in [1.807, 2.05) is 18.2 Å². The molecule has 1 aromatic heterocycles. The highest BCUT2D eigenvalue weighted by Crippen LogP contribution is 2.27. The minimum absolute atomic E-state index is 0.424. The fourth-order valence-electron chi connectivity index (χ4n) is 1.45. The Balaban J connectivity index is 2.54. The molecule has 0 fully saturated rings. The standard InChI is InChI=1S/C12H14O2/c1-8(2)12-7-9-6-10(13-3)4-5-11(9)14-12/h4-8H,1-3H3. The van der Waals surface area contributed by atoms with E-state index in [1.54, 1.807) is 7.11 Å². The average Bonchev–Trinajstić information content (AvgIpc) is 2.59. The van der Waals surface area contributed by atoms with Crippen LogP contribution in [0.1, 0.15) is 25.5 Å². The van der Waals surface area contributed by atoms with Crippen molar-refractivity contribution in [1.82, 2.24) is 0 Å². The SMILES string of the molecule is COc1ccc2oc(C(C)C)cc2c1. The lowest BCUT2D eigenvalue weighted by atomic mass is 10.1. The Hall–Kier alpha value is -1.44. The molecule has 0 aliphatic heterocycles. The van der Waals surface area contributed by atoms with E-state index in [0.29, 0.717) is 5.92 Å². The number of furan rings is 1. The summed E-state index contributed by atoms with van der Waals surface area (Å²) in [5.74, 6) is 2.32. The van der Waals surface area contributed by atoms with Crippen LogP contribution in [0.25, 0.3) is 11.0 Å². The molecule has 2 heteroatoms. The average molecular weight is 190 g/mol. The molecule has 2 nitrogen and oxygen atoms in total. The molecule has 2 rings (SSSR count). The van der Waals surface area contributed by atoms with Gasteiger partial charge in [-0.05, 0) is 24.3 Å². The number of hydrogen-bond donors (Lipinski definition) is 0. The van der Waals surface area contributed by atoms with Crippen LogP contribution in [-0.2, 0) is 0 Å². The van der Waals surface area contributed by atoms with Gasteiger partial charge in [-0.3, -0.25) is 0 Å². The van der Waals surface area contributed by atoms with Gasteiger partial charge in [-0.15, -0.1) is 0 Å². The van der Waals surface area contributed by atoms with Crippen LogP contribution in [0.3, 0.4) is 0 Å². The van der Waals surface area contributed by atoms with Crippen molar-refractivity contribution in [1.29, 1.82) is 0 Å². The van der Waals surface area contributed by atoms with Gasteiger partial charge in [0.25, 0.3) is 0 Å². The first kappa shape index (κ1) is 9.13. The van der Waals surface area contributed by atoms with Gasteiger partial charge in [0.15, 0.2) is 0 Å². The highest BCUT2D eigenvalue weighted by atomic mass is 16.5. The van der Waals surface area contributed by atoms with Gasteiger partial charge in [-0.2, -0.15) is 0 Å². The number of methoxy groups -OCH3 is 1. The Labute approximate surface area is 83.5 Å². The minimum Gasteiger partial charge on any atom is -0.497 e. The normalized spacial score (nSPS) is 11.1. The van der Waals surface area contributed by atoms with Crippen LogP contribution in [0.2, 0.25) is 0 Å². The van der Waals surface area contributed by atoms with Crippen molar-refractivity contribution in [2.45, 2.75) is 19.8 Å². The summed E-state index contributed by atoms with van der Waals surface area (Å²) in [5.41, 5.74) is 0.925. The Kier molecular flexibility index (Phi) is 2.20. The molecular formula is C12H14O2. The first-order valence-corrected chi connectivity index (χ1v) is 4.78. The maximum absolute atomic E-state index is 5.67. The highest BCUT2D eigenvalue weighted by Gasteiger charge is 2.07. The lowest BCUT2D eigenvalue weighted by Gasteiger charge is -1.97. The molecule has 74 valence electrons. The van der Waals surface area contributed by atoms with E-state index in [2.05, 4.69) is 19.9 Å². The molecule has 0 amide bonds. The number of ether oxygens (including phenoxy) is 1. The lowest BCUT2D eigenvalue weighted by Crippen LogP contribution is -1.80. The monoisotopic (exact) mass is 190 g/mol. The van der Waals surface area contributed by atoms with Gasteiger partial charge < -0.3 is 9.15 Å². The van der Waals surface area contributed by atoms with Gasteiger partial charge in [-0.1, -0.05) is 13.8 Å². The summed E-state index contributed by atoms with van der Waals surface area (Å²) < 4.78 is 10.8. The van der Waals surface area contributed by atoms with E-state index < -0.39 is 0 Å². The molecule has 1 heterocycles. The Morgan fingerprint density at radius 3 is 2.64 bits per heavy atom. The topological polar surface area (TPSA) is 22.4 Å². The van der Waals surface area contributed by atoms with Crippen molar-refractivity contribution in [3.05, 3.63) is 30.0 Å². The number of benzene rings is 1. The molecule has 0 saturated carbocycles. The van der Waals surface area contributed by atoms with Gasteiger partial charge >= 0.3 is 0 Å². The summed E-state index contributed by atoms with van der Waals surface area (Å²) in [6.45, 7) is 4.24. The van der Waals surface area contributed by atoms with E-state index in [0.717, 1.165) is 22.5 Å². The largest absolute Gasteiger partial charge is 0.497 e. The van der Waals surface area contributed by atoms with Gasteiger partial charge in [-0.25, -0.2) is 0 Å². The second kappa shape index (κ2) is 3.37. The molecule has 0 aliphatic carbocycles. The minimum atomic E-state index is 0.424. The second-order valence-electron chi connectivity index (χ2n) is 3.71. The van der Waals surface area contributed by atoms with Crippen molar-refractivity contribution >= 4 is 11.0 Å². The number of rotatable bonds is 2. The zero-order valence-corrected chi connectivity index (χ0v) is 8.70. The maximum Gasteiger partial charge on any atom is 0.134 e. The molecule has 0 atom stereocenters. The van der Waals surface area contributed by atoms with Crippen molar-refractivity contribution in [2.24, 2.45) is 0 Å². The van der Waals surface area contributed by atoms with Gasteiger partial charge in [0.05, 0.1) is 7.11 Å². The van der Waals surface area contributed by atoms with Crippen molar-refractivity contribution in [2.75, 3.05) is 7.11 Å². The van der Waals surface area contributed by atoms with Gasteiger partial charge in [0, 0.05) is 11.3 Å². The fourth-order valence-corrected chi connectivity index (χ4v) is 1.45. The highest BCUT2D eigenvalue weighted by molar-refractivity contribution is 5.79. The van der Waals surface area contributed by atoms with Crippen LogP contribution in [0.5, 0.6) is 5.75 Å². The Bertz CT molecular complexity index is 441. The Morgan fingerprint density at radius 1 is 1.21 bits per heavy atom. The second-order valence-corrected chi connectivity index (χ2v) is 3.71. The van der Waals surface area contributed by atoms with Gasteiger partial charge in [0.2, 0.25) is 0 Å². The molecule has 0 bridgehead atoms. The van der Waals surface area contributed by atoms with Crippen LogP contribution >= 0.6 is 0 Å². The molecule has 0 unspecified atom stereocenters. The lowest BCUT2D eigenvalue weighted by molar-refractivity contribution is 0.415. The van der Waals surface area contributed by atoms with E-state index in [9.17, 15) is 0 Å². The molecule has 0 aliphatic rings. The van der Waals surface area contributed by atoms with E-state index in [1.165, 1.54) is 0 Å². The van der Waals surface area contributed by atoms with Crippen LogP contribution in [-0.4, -0.2) is 7.11 Å². The summed E-state index contributed by atoms with van der Waals surface area (Å²) in [4.78, 5) is 0. The fraction of sp³-hybridized carbons (Fsp3) is 0.333. The van der Waals surface area contributed by atoms with Crippen LogP contribution in [0.15, 0.2) is 28.7 Å². The Morgan fingerprint density at radius 2 is 2.00 bits per heavy atom. The predicted molar refractivity (Wildman–Crippen MR) is 56.9 cm³/mol. The predicted octanol–water partition coefficient (Wildman–Crippen LogP) is 3.56. The summed E-state index contributed by atoms with van der Waals surface area (Å²) in [5, 5.41) is 1.10. The van der Waals surface area contributed by atoms with Crippen LogP contribution in [0.4, 0.5) is 0 Å². The molecular weight excluding hydrogens is 176 g/mol. The molecule has 0 N–H and O–H groups in total. The third-order valence-electron chi connectivity index (χ3n) is 2.31. The summed E-state index contributed by atoms with van der Waals surface area (Å²) in [7, 11) is 1.67. The van der Waals surface area contributed by atoms with Crippen LogP contribution in [0, 0.1) is 0 Å². The van der Waals surface area contributed by atoms with E-state index in [4.69, 9.17) is 9.15 Å². The molecule has 0 saturated heterocycles. The first-order chi connectivity index (χ1) is 6.70. The van der Waals surface area contributed by atoms with Crippen LogP contribution < -0.4 is 4.74 Å². The van der Waals surface area contributed by atoms with Gasteiger partial charge in [0.1, 0.15) is 17.1 Å². The molecule has 0 radical (unpaired) electrons. The smallest absolute Gasteiger partial charge is 0.134 e. The molecule has 0 spiro atoms. The van der Waals surface area contributed by atoms with Crippen molar-refractivity contribution < 1.29 is 9.15 Å². The molecule has 1 aromatic carbocycles. The maximum atomic E-state index is 5.67. The third-order valence-corrected chi connectivity index (χ3v) is 2.31. The van der Waals surface area contributed by atoms with Crippen molar-refractivity contribution in [3.8, 4) is 5.75 Å². The number of fused-ring (bicyclic) bond motifs is 1. The van der Waals surface area contributed by atoms with Crippen molar-refractivity contribution in [3.63, 3.8) is 0 Å². The van der Waals surface area contributed by atoms with E-state index in [-0.39, 0.29) is 0 Å². The summed E-state index contributed by atoms with van der Waals surface area (Å²) in [6.07, 6.45) is 0. The zero-order valence-electron chi connectivity index (χ0n) is 8.70.